The first-order chi connectivity index (χ1) is 9.58. The maximum absolute atomic E-state index is 13.1. The van der Waals surface area contributed by atoms with Gasteiger partial charge in [0, 0.05) is 6.54 Å². The van der Waals surface area contributed by atoms with Gasteiger partial charge < -0.3 is 10.2 Å². The summed E-state index contributed by atoms with van der Waals surface area (Å²) < 4.78 is 0. The van der Waals surface area contributed by atoms with Crippen LogP contribution in [0.1, 0.15) is 65.2 Å². The van der Waals surface area contributed by atoms with E-state index in [4.69, 9.17) is 0 Å². The quantitative estimate of drug-likeness (QED) is 0.857. The molecule has 0 aromatic rings. The average Bonchev–Trinajstić information content (AvgIpc) is 3.15. The number of piperazine rings is 1. The molecule has 3 fully saturated rings. The van der Waals surface area contributed by atoms with Gasteiger partial charge in [-0.1, -0.05) is 26.7 Å². The lowest BCUT2D eigenvalue weighted by Gasteiger charge is -2.51. The number of nitrogens with one attached hydrogen (secondary N) is 1. The number of hydrogen-bond acceptors (Lipinski definition) is 2. The van der Waals surface area contributed by atoms with Gasteiger partial charge in [-0.25, -0.2) is 0 Å². The Morgan fingerprint density at radius 1 is 1.15 bits per heavy atom. The molecule has 1 heterocycles. The van der Waals surface area contributed by atoms with Crippen LogP contribution in [0.4, 0.5) is 0 Å². The summed E-state index contributed by atoms with van der Waals surface area (Å²) in [6.07, 6.45) is 7.59. The van der Waals surface area contributed by atoms with Gasteiger partial charge in [-0.15, -0.1) is 0 Å². The predicted molar refractivity (Wildman–Crippen MR) is 77.1 cm³/mol. The van der Waals surface area contributed by atoms with E-state index in [0.29, 0.717) is 18.8 Å². The van der Waals surface area contributed by atoms with Gasteiger partial charge in [0.25, 0.3) is 0 Å². The van der Waals surface area contributed by atoms with Gasteiger partial charge in [-0.05, 0) is 44.4 Å². The monoisotopic (exact) mass is 278 g/mol. The Hall–Kier alpha value is -1.06. The predicted octanol–water partition coefficient (Wildman–Crippen LogP) is 2.23. The highest BCUT2D eigenvalue weighted by Gasteiger charge is 2.58. The van der Waals surface area contributed by atoms with Crippen LogP contribution in [-0.2, 0) is 9.59 Å². The summed E-state index contributed by atoms with van der Waals surface area (Å²) in [7, 11) is 0. The third-order valence-corrected chi connectivity index (χ3v) is 5.71. The van der Waals surface area contributed by atoms with E-state index in [2.05, 4.69) is 5.32 Å². The first kappa shape index (κ1) is 13.9. The molecule has 3 rings (SSSR count). The zero-order valence-corrected chi connectivity index (χ0v) is 12.7. The maximum atomic E-state index is 13.1. The van der Waals surface area contributed by atoms with Crippen molar-refractivity contribution >= 4 is 11.8 Å². The Kier molecular flexibility index (Phi) is 3.30. The van der Waals surface area contributed by atoms with Gasteiger partial charge in [0.2, 0.25) is 11.8 Å². The van der Waals surface area contributed by atoms with E-state index in [9.17, 15) is 9.59 Å². The van der Waals surface area contributed by atoms with Crippen LogP contribution in [0.25, 0.3) is 0 Å². The van der Waals surface area contributed by atoms with Crippen molar-refractivity contribution in [3.63, 3.8) is 0 Å². The number of carbonyl (C=O) groups excluding carboxylic acids is 2. The van der Waals surface area contributed by atoms with Crippen molar-refractivity contribution in [3.8, 4) is 0 Å². The normalized spacial score (nSPS) is 28.0. The maximum Gasteiger partial charge on any atom is 0.249 e. The Labute approximate surface area is 121 Å². The molecule has 2 saturated carbocycles. The van der Waals surface area contributed by atoms with Gasteiger partial charge in [0.05, 0.1) is 0 Å². The molecule has 0 bridgehead atoms. The molecule has 0 unspecified atom stereocenters. The Bertz CT molecular complexity index is 418. The number of rotatable bonds is 4. The summed E-state index contributed by atoms with van der Waals surface area (Å²) in [4.78, 5) is 27.9. The molecule has 1 aliphatic heterocycles. The van der Waals surface area contributed by atoms with Gasteiger partial charge in [0.15, 0.2) is 0 Å². The third kappa shape index (κ3) is 1.87. The topological polar surface area (TPSA) is 49.4 Å². The Balaban J connectivity index is 1.95. The number of amides is 2. The van der Waals surface area contributed by atoms with E-state index in [-0.39, 0.29) is 11.8 Å². The minimum absolute atomic E-state index is 0.0876. The lowest BCUT2D eigenvalue weighted by atomic mass is 9.80. The van der Waals surface area contributed by atoms with Gasteiger partial charge >= 0.3 is 0 Å². The smallest absolute Gasteiger partial charge is 0.249 e. The van der Waals surface area contributed by atoms with Crippen molar-refractivity contribution in [3.05, 3.63) is 0 Å². The summed E-state index contributed by atoms with van der Waals surface area (Å²) in [6, 6.07) is 0. The summed E-state index contributed by atoms with van der Waals surface area (Å²) in [5, 5.41) is 3.13. The van der Waals surface area contributed by atoms with E-state index >= 15 is 0 Å². The van der Waals surface area contributed by atoms with E-state index in [0.717, 1.165) is 32.2 Å². The summed E-state index contributed by atoms with van der Waals surface area (Å²) >= 11 is 0. The molecule has 3 aliphatic rings. The molecule has 1 saturated heterocycles. The first-order valence-electron chi connectivity index (χ1n) is 8.22. The van der Waals surface area contributed by atoms with Crippen LogP contribution < -0.4 is 5.32 Å². The molecule has 0 radical (unpaired) electrons. The second-order valence-corrected chi connectivity index (χ2v) is 6.84. The van der Waals surface area contributed by atoms with Gasteiger partial charge in [-0.2, -0.15) is 0 Å². The molecule has 1 N–H and O–H groups in total. The largest absolute Gasteiger partial charge is 0.340 e. The van der Waals surface area contributed by atoms with Crippen LogP contribution in [0.3, 0.4) is 0 Å². The Morgan fingerprint density at radius 3 is 2.25 bits per heavy atom. The summed E-state index contributed by atoms with van der Waals surface area (Å²) in [5.41, 5.74) is -1.17. The zero-order chi connectivity index (χ0) is 14.4. The molecular weight excluding hydrogens is 252 g/mol. The fraction of sp³-hybridized carbons (Fsp3) is 0.875. The van der Waals surface area contributed by atoms with Crippen molar-refractivity contribution in [2.75, 3.05) is 6.54 Å². The van der Waals surface area contributed by atoms with Crippen molar-refractivity contribution in [1.29, 1.82) is 0 Å². The summed E-state index contributed by atoms with van der Waals surface area (Å²) in [5.74, 6) is 0.913. The van der Waals surface area contributed by atoms with E-state index in [1.165, 1.54) is 12.8 Å². The van der Waals surface area contributed by atoms with Crippen LogP contribution in [0.5, 0.6) is 0 Å². The van der Waals surface area contributed by atoms with Crippen molar-refractivity contribution in [2.45, 2.75) is 76.3 Å². The van der Waals surface area contributed by atoms with Crippen molar-refractivity contribution in [2.24, 2.45) is 5.92 Å². The van der Waals surface area contributed by atoms with Crippen LogP contribution in [0.15, 0.2) is 0 Å². The molecule has 2 aliphatic carbocycles. The van der Waals surface area contributed by atoms with E-state index < -0.39 is 11.1 Å². The second kappa shape index (κ2) is 4.74. The van der Waals surface area contributed by atoms with E-state index in [1.807, 2.05) is 18.7 Å². The van der Waals surface area contributed by atoms with Gasteiger partial charge in [-0.3, -0.25) is 9.59 Å². The highest BCUT2D eigenvalue weighted by atomic mass is 16.2. The number of carbonyl (C=O) groups is 2. The molecular formula is C16H26N2O2. The SMILES string of the molecule is CCC1(CC)C(=O)NC2(CCCC2)C(=O)N1CC1CC1. The minimum atomic E-state index is -0.604. The first-order valence-corrected chi connectivity index (χ1v) is 8.22. The average molecular weight is 278 g/mol. The number of hydrogen-bond donors (Lipinski definition) is 1. The molecule has 4 nitrogen and oxygen atoms in total. The highest BCUT2D eigenvalue weighted by molar-refractivity contribution is 6.02. The summed E-state index contributed by atoms with van der Waals surface area (Å²) in [6.45, 7) is 4.85. The minimum Gasteiger partial charge on any atom is -0.340 e. The van der Waals surface area contributed by atoms with Crippen molar-refractivity contribution in [1.82, 2.24) is 10.2 Å². The zero-order valence-electron chi connectivity index (χ0n) is 12.7. The highest BCUT2D eigenvalue weighted by Crippen LogP contribution is 2.42. The molecule has 0 aromatic carbocycles. The van der Waals surface area contributed by atoms with Crippen LogP contribution in [0, 0.1) is 5.92 Å². The molecule has 20 heavy (non-hydrogen) atoms. The third-order valence-electron chi connectivity index (χ3n) is 5.71. The van der Waals surface area contributed by atoms with Gasteiger partial charge in [0.1, 0.15) is 11.1 Å². The molecule has 2 amide bonds. The van der Waals surface area contributed by atoms with E-state index in [1.54, 1.807) is 0 Å². The van der Waals surface area contributed by atoms with Crippen LogP contribution in [-0.4, -0.2) is 34.3 Å². The van der Waals surface area contributed by atoms with Crippen LogP contribution >= 0.6 is 0 Å². The standard InChI is InChI=1S/C16H26N2O2/c1-3-16(4-2)13(19)17-15(9-5-6-10-15)14(20)18(16)11-12-7-8-12/h12H,3-11H2,1-2H3,(H,17,19). The number of nitrogens with zero attached hydrogens (tertiary/aromatic N) is 1. The lowest BCUT2D eigenvalue weighted by molar-refractivity contribution is -0.164. The van der Waals surface area contributed by atoms with Crippen molar-refractivity contribution < 1.29 is 9.59 Å². The lowest BCUT2D eigenvalue weighted by Crippen LogP contribution is -2.75. The van der Waals surface area contributed by atoms with Crippen LogP contribution in [0.2, 0.25) is 0 Å². The molecule has 112 valence electrons. The molecule has 4 heteroatoms. The molecule has 1 spiro atoms. The fourth-order valence-electron chi connectivity index (χ4n) is 4.05. The Morgan fingerprint density at radius 2 is 1.75 bits per heavy atom. The fourth-order valence-corrected chi connectivity index (χ4v) is 4.05. The molecule has 0 aromatic heterocycles. The second-order valence-electron chi connectivity index (χ2n) is 6.84. The molecule has 0 atom stereocenters.